The molecule has 6 heteroatoms. The number of aryl methyl sites for hydroxylation is 2. The molecule has 0 spiro atoms. The topological polar surface area (TPSA) is 82.2 Å². The van der Waals surface area contributed by atoms with E-state index in [2.05, 4.69) is 10.4 Å². The highest BCUT2D eigenvalue weighted by atomic mass is 16.5. The summed E-state index contributed by atoms with van der Waals surface area (Å²) in [7, 11) is 3.33. The van der Waals surface area contributed by atoms with Gasteiger partial charge in [0, 0.05) is 27.3 Å². The van der Waals surface area contributed by atoms with Gasteiger partial charge in [0.25, 0.3) is 5.91 Å². The first kappa shape index (κ1) is 12.5. The molecule has 0 fully saturated rings. The monoisotopic (exact) mass is 226 g/mol. The maximum Gasteiger partial charge on any atom is 0.271 e. The van der Waals surface area contributed by atoms with E-state index in [1.54, 1.807) is 21.1 Å². The summed E-state index contributed by atoms with van der Waals surface area (Å²) in [6.45, 7) is 2.97. The Balaban J connectivity index is 2.59. The molecule has 0 saturated heterocycles. The van der Waals surface area contributed by atoms with E-state index in [0.717, 1.165) is 6.42 Å². The third kappa shape index (κ3) is 2.73. The number of methoxy groups -OCH3 is 1. The Morgan fingerprint density at radius 1 is 1.62 bits per heavy atom. The zero-order chi connectivity index (χ0) is 12.1. The van der Waals surface area contributed by atoms with Crippen molar-refractivity contribution in [3.05, 3.63) is 11.4 Å². The van der Waals surface area contributed by atoms with Crippen molar-refractivity contribution in [3.8, 4) is 0 Å². The highest BCUT2D eigenvalue weighted by Crippen LogP contribution is 2.14. The SMILES string of the molecule is COCCCNC(=O)c1c(N)c(C)nn1C. The number of ether oxygens (including phenoxy) is 1. The number of carbonyl (C=O) groups is 1. The van der Waals surface area contributed by atoms with Crippen LogP contribution < -0.4 is 11.1 Å². The molecule has 0 unspecified atom stereocenters. The van der Waals surface area contributed by atoms with Crippen LogP contribution in [0.15, 0.2) is 0 Å². The first-order valence-corrected chi connectivity index (χ1v) is 5.14. The Hall–Kier alpha value is -1.56. The highest BCUT2D eigenvalue weighted by molar-refractivity contribution is 5.97. The predicted octanol–water partition coefficient (Wildman–Crippen LogP) is 0.0770. The summed E-state index contributed by atoms with van der Waals surface area (Å²) in [5.41, 5.74) is 7.29. The summed E-state index contributed by atoms with van der Waals surface area (Å²) >= 11 is 0. The molecule has 0 bridgehead atoms. The van der Waals surface area contributed by atoms with Crippen molar-refractivity contribution in [1.29, 1.82) is 0 Å². The van der Waals surface area contributed by atoms with Gasteiger partial charge in [-0.15, -0.1) is 0 Å². The number of nitrogens with two attached hydrogens (primary N) is 1. The van der Waals surface area contributed by atoms with E-state index in [1.807, 2.05) is 0 Å². The summed E-state index contributed by atoms with van der Waals surface area (Å²) in [6.07, 6.45) is 0.777. The van der Waals surface area contributed by atoms with Gasteiger partial charge >= 0.3 is 0 Å². The number of hydrogen-bond donors (Lipinski definition) is 2. The Kier molecular flexibility index (Phi) is 4.30. The zero-order valence-electron chi connectivity index (χ0n) is 9.91. The van der Waals surface area contributed by atoms with E-state index >= 15 is 0 Å². The number of nitrogen functional groups attached to an aromatic ring is 1. The van der Waals surface area contributed by atoms with Crippen molar-refractivity contribution in [2.75, 3.05) is 26.0 Å². The number of anilines is 1. The molecular weight excluding hydrogens is 208 g/mol. The first-order valence-electron chi connectivity index (χ1n) is 5.14. The fourth-order valence-corrected chi connectivity index (χ4v) is 1.45. The van der Waals surface area contributed by atoms with Gasteiger partial charge < -0.3 is 15.8 Å². The summed E-state index contributed by atoms with van der Waals surface area (Å²) in [6, 6.07) is 0. The molecule has 6 nitrogen and oxygen atoms in total. The summed E-state index contributed by atoms with van der Waals surface area (Å²) in [5.74, 6) is -0.197. The van der Waals surface area contributed by atoms with Crippen LogP contribution in [0, 0.1) is 6.92 Å². The van der Waals surface area contributed by atoms with Gasteiger partial charge in [-0.2, -0.15) is 5.10 Å². The van der Waals surface area contributed by atoms with Crippen LogP contribution in [-0.2, 0) is 11.8 Å². The van der Waals surface area contributed by atoms with E-state index in [-0.39, 0.29) is 5.91 Å². The van der Waals surface area contributed by atoms with Gasteiger partial charge in [-0.25, -0.2) is 0 Å². The van der Waals surface area contributed by atoms with Gasteiger partial charge in [-0.3, -0.25) is 9.48 Å². The second-order valence-corrected chi connectivity index (χ2v) is 3.57. The average Bonchev–Trinajstić information content (AvgIpc) is 2.48. The first-order chi connectivity index (χ1) is 7.57. The molecule has 1 aromatic heterocycles. The molecule has 1 aromatic rings. The van der Waals surface area contributed by atoms with Crippen LogP contribution >= 0.6 is 0 Å². The van der Waals surface area contributed by atoms with E-state index in [0.29, 0.717) is 30.2 Å². The van der Waals surface area contributed by atoms with Gasteiger partial charge in [-0.05, 0) is 13.3 Å². The molecule has 0 radical (unpaired) electrons. The highest BCUT2D eigenvalue weighted by Gasteiger charge is 2.16. The minimum atomic E-state index is -0.197. The second-order valence-electron chi connectivity index (χ2n) is 3.57. The molecule has 1 heterocycles. The molecular formula is C10H18N4O2. The second kappa shape index (κ2) is 5.50. The Bertz CT molecular complexity index is 373. The summed E-state index contributed by atoms with van der Waals surface area (Å²) in [5, 5.41) is 6.85. The van der Waals surface area contributed by atoms with Crippen molar-refractivity contribution in [2.24, 2.45) is 7.05 Å². The van der Waals surface area contributed by atoms with Crippen LogP contribution in [0.4, 0.5) is 5.69 Å². The lowest BCUT2D eigenvalue weighted by Gasteiger charge is -2.05. The molecule has 3 N–H and O–H groups in total. The van der Waals surface area contributed by atoms with Crippen molar-refractivity contribution in [1.82, 2.24) is 15.1 Å². The number of hydrogen-bond acceptors (Lipinski definition) is 4. The third-order valence-corrected chi connectivity index (χ3v) is 2.29. The van der Waals surface area contributed by atoms with Gasteiger partial charge in [0.15, 0.2) is 0 Å². The van der Waals surface area contributed by atoms with Gasteiger partial charge in [-0.1, -0.05) is 0 Å². The lowest BCUT2D eigenvalue weighted by atomic mass is 10.3. The van der Waals surface area contributed by atoms with Crippen LogP contribution in [0.5, 0.6) is 0 Å². The Morgan fingerprint density at radius 2 is 2.31 bits per heavy atom. The van der Waals surface area contributed by atoms with Crippen molar-refractivity contribution >= 4 is 11.6 Å². The van der Waals surface area contributed by atoms with E-state index in [1.165, 1.54) is 4.68 Å². The molecule has 16 heavy (non-hydrogen) atoms. The fourth-order valence-electron chi connectivity index (χ4n) is 1.45. The zero-order valence-corrected chi connectivity index (χ0v) is 9.91. The molecule has 90 valence electrons. The molecule has 0 atom stereocenters. The van der Waals surface area contributed by atoms with Gasteiger partial charge in [0.1, 0.15) is 5.69 Å². The molecule has 0 aliphatic heterocycles. The number of rotatable bonds is 5. The van der Waals surface area contributed by atoms with Crippen LogP contribution in [0.2, 0.25) is 0 Å². The Morgan fingerprint density at radius 3 is 2.81 bits per heavy atom. The third-order valence-electron chi connectivity index (χ3n) is 2.29. The van der Waals surface area contributed by atoms with Gasteiger partial charge in [0.2, 0.25) is 0 Å². The number of carbonyl (C=O) groups excluding carboxylic acids is 1. The largest absolute Gasteiger partial charge is 0.395 e. The van der Waals surface area contributed by atoms with Crippen molar-refractivity contribution < 1.29 is 9.53 Å². The predicted molar refractivity (Wildman–Crippen MR) is 61.2 cm³/mol. The standard InChI is InChI=1S/C10H18N4O2/c1-7-8(11)9(14(2)13-7)10(15)12-5-4-6-16-3/h4-6,11H2,1-3H3,(H,12,15). The minimum Gasteiger partial charge on any atom is -0.395 e. The van der Waals surface area contributed by atoms with E-state index in [9.17, 15) is 4.79 Å². The summed E-state index contributed by atoms with van der Waals surface area (Å²) < 4.78 is 6.38. The number of nitrogens with one attached hydrogen (secondary N) is 1. The molecule has 0 aliphatic carbocycles. The van der Waals surface area contributed by atoms with Gasteiger partial charge in [0.05, 0.1) is 11.4 Å². The number of nitrogens with zero attached hydrogens (tertiary/aromatic N) is 2. The minimum absolute atomic E-state index is 0.197. The number of amides is 1. The smallest absolute Gasteiger partial charge is 0.271 e. The van der Waals surface area contributed by atoms with Crippen LogP contribution in [-0.4, -0.2) is 35.9 Å². The molecule has 0 aromatic carbocycles. The maximum absolute atomic E-state index is 11.8. The van der Waals surface area contributed by atoms with Crippen molar-refractivity contribution in [2.45, 2.75) is 13.3 Å². The lowest BCUT2D eigenvalue weighted by molar-refractivity contribution is 0.0940. The summed E-state index contributed by atoms with van der Waals surface area (Å²) in [4.78, 5) is 11.8. The average molecular weight is 226 g/mol. The molecule has 0 saturated carbocycles. The van der Waals surface area contributed by atoms with E-state index in [4.69, 9.17) is 10.5 Å². The number of aromatic nitrogens is 2. The van der Waals surface area contributed by atoms with Crippen molar-refractivity contribution in [3.63, 3.8) is 0 Å². The Labute approximate surface area is 94.8 Å². The van der Waals surface area contributed by atoms with Crippen LogP contribution in [0.25, 0.3) is 0 Å². The quantitative estimate of drug-likeness (QED) is 0.696. The normalized spacial score (nSPS) is 10.4. The molecule has 1 rings (SSSR count). The molecule has 0 aliphatic rings. The van der Waals surface area contributed by atoms with Crippen LogP contribution in [0.3, 0.4) is 0 Å². The molecule has 1 amide bonds. The maximum atomic E-state index is 11.8. The van der Waals surface area contributed by atoms with Crippen LogP contribution in [0.1, 0.15) is 22.6 Å². The fraction of sp³-hybridized carbons (Fsp3) is 0.600. The van der Waals surface area contributed by atoms with E-state index < -0.39 is 0 Å². The lowest BCUT2D eigenvalue weighted by Crippen LogP contribution is -2.27.